The molecule has 0 bridgehead atoms. The normalized spacial score (nSPS) is 19.0. The van der Waals surface area contributed by atoms with Crippen LogP contribution in [0.4, 0.5) is 0 Å². The van der Waals surface area contributed by atoms with E-state index in [4.69, 9.17) is 11.6 Å². The molecule has 5 heteroatoms. The molecule has 1 atom stereocenters. The minimum absolute atomic E-state index is 0.330. The summed E-state index contributed by atoms with van der Waals surface area (Å²) in [6.07, 6.45) is 4.81. The van der Waals surface area contributed by atoms with Crippen molar-refractivity contribution in [3.8, 4) is 0 Å². The molecule has 1 aromatic carbocycles. The van der Waals surface area contributed by atoms with Crippen molar-refractivity contribution in [1.29, 1.82) is 0 Å². The van der Waals surface area contributed by atoms with Gasteiger partial charge in [0.1, 0.15) is 0 Å². The zero-order chi connectivity index (χ0) is 15.0. The highest BCUT2D eigenvalue weighted by molar-refractivity contribution is 6.31. The standard InChI is InChI=1S/C16H22ClN3O/c1-16(2,20-6-4-3-5-7-20)15(21)13-9-12(17)8-11-10-18-19-14(11)13/h8-10,15,21H,3-7H2,1-2H3,(H,18,19). The van der Waals surface area contributed by atoms with Crippen molar-refractivity contribution in [2.45, 2.75) is 44.8 Å². The number of likely N-dealkylation sites (tertiary alicyclic amines) is 1. The minimum Gasteiger partial charge on any atom is -0.386 e. The van der Waals surface area contributed by atoms with E-state index in [-0.39, 0.29) is 5.54 Å². The number of H-pyrrole nitrogens is 1. The Balaban J connectivity index is 1.98. The predicted molar refractivity (Wildman–Crippen MR) is 85.6 cm³/mol. The Morgan fingerprint density at radius 1 is 1.29 bits per heavy atom. The van der Waals surface area contributed by atoms with Crippen LogP contribution in [0, 0.1) is 0 Å². The molecule has 0 spiro atoms. The summed E-state index contributed by atoms with van der Waals surface area (Å²) in [6.45, 7) is 6.28. The quantitative estimate of drug-likeness (QED) is 0.912. The molecule has 114 valence electrons. The summed E-state index contributed by atoms with van der Waals surface area (Å²) in [5.74, 6) is 0. The van der Waals surface area contributed by atoms with Gasteiger partial charge in [0.25, 0.3) is 0 Å². The highest BCUT2D eigenvalue weighted by atomic mass is 35.5. The van der Waals surface area contributed by atoms with Gasteiger partial charge in [-0.1, -0.05) is 18.0 Å². The minimum atomic E-state index is -0.614. The van der Waals surface area contributed by atoms with Gasteiger partial charge < -0.3 is 5.11 Å². The van der Waals surface area contributed by atoms with Crippen LogP contribution < -0.4 is 0 Å². The van der Waals surface area contributed by atoms with Crippen LogP contribution in [0.15, 0.2) is 18.3 Å². The predicted octanol–water partition coefficient (Wildman–Crippen LogP) is 3.51. The number of hydrogen-bond acceptors (Lipinski definition) is 3. The van der Waals surface area contributed by atoms with Crippen LogP contribution in [0.1, 0.15) is 44.8 Å². The van der Waals surface area contributed by atoms with E-state index in [2.05, 4.69) is 28.9 Å². The monoisotopic (exact) mass is 307 g/mol. The largest absolute Gasteiger partial charge is 0.386 e. The van der Waals surface area contributed by atoms with Crippen molar-refractivity contribution in [2.24, 2.45) is 0 Å². The molecule has 1 unspecified atom stereocenters. The van der Waals surface area contributed by atoms with Gasteiger partial charge in [0, 0.05) is 21.5 Å². The van der Waals surface area contributed by atoms with Crippen LogP contribution in [0.5, 0.6) is 0 Å². The third-order valence-electron chi connectivity index (χ3n) is 4.68. The van der Waals surface area contributed by atoms with E-state index >= 15 is 0 Å². The number of fused-ring (bicyclic) bond motifs is 1. The molecular formula is C16H22ClN3O. The highest BCUT2D eigenvalue weighted by Gasteiger charge is 2.37. The Morgan fingerprint density at radius 2 is 2.00 bits per heavy atom. The van der Waals surface area contributed by atoms with Gasteiger partial charge in [-0.15, -0.1) is 0 Å². The van der Waals surface area contributed by atoms with Crippen molar-refractivity contribution in [3.63, 3.8) is 0 Å². The number of rotatable bonds is 3. The van der Waals surface area contributed by atoms with Gasteiger partial charge >= 0.3 is 0 Å². The topological polar surface area (TPSA) is 52.2 Å². The van der Waals surface area contributed by atoms with Crippen molar-refractivity contribution >= 4 is 22.5 Å². The van der Waals surface area contributed by atoms with Crippen molar-refractivity contribution in [1.82, 2.24) is 15.1 Å². The lowest BCUT2D eigenvalue weighted by Gasteiger charge is -2.44. The number of aliphatic hydroxyl groups is 1. The van der Waals surface area contributed by atoms with Crippen molar-refractivity contribution in [2.75, 3.05) is 13.1 Å². The number of benzene rings is 1. The average molecular weight is 308 g/mol. The van der Waals surface area contributed by atoms with Crippen LogP contribution in [0.3, 0.4) is 0 Å². The smallest absolute Gasteiger partial charge is 0.0989 e. The lowest BCUT2D eigenvalue weighted by atomic mass is 9.87. The molecule has 1 aliphatic heterocycles. The molecule has 1 saturated heterocycles. The third-order valence-corrected chi connectivity index (χ3v) is 4.90. The van der Waals surface area contributed by atoms with E-state index in [0.717, 1.165) is 29.6 Å². The molecule has 4 nitrogen and oxygen atoms in total. The molecule has 0 amide bonds. The Morgan fingerprint density at radius 3 is 2.71 bits per heavy atom. The highest BCUT2D eigenvalue weighted by Crippen LogP contribution is 2.37. The maximum Gasteiger partial charge on any atom is 0.0989 e. The lowest BCUT2D eigenvalue weighted by Crippen LogP contribution is -2.50. The second-order valence-electron chi connectivity index (χ2n) is 6.43. The molecule has 1 aliphatic rings. The second kappa shape index (κ2) is 5.59. The maximum atomic E-state index is 11.0. The number of hydrogen-bond donors (Lipinski definition) is 2. The number of halogens is 1. The Labute approximate surface area is 130 Å². The summed E-state index contributed by atoms with van der Waals surface area (Å²) < 4.78 is 0. The van der Waals surface area contributed by atoms with Gasteiger partial charge in [-0.05, 0) is 51.9 Å². The van der Waals surface area contributed by atoms with E-state index in [1.54, 1.807) is 6.20 Å². The molecule has 2 aromatic rings. The van der Waals surface area contributed by atoms with E-state index in [0.29, 0.717) is 5.02 Å². The van der Waals surface area contributed by atoms with E-state index in [1.165, 1.54) is 19.3 Å². The van der Waals surface area contributed by atoms with Crippen LogP contribution in [0.2, 0.25) is 5.02 Å². The van der Waals surface area contributed by atoms with Crippen LogP contribution in [-0.2, 0) is 0 Å². The van der Waals surface area contributed by atoms with Crippen LogP contribution >= 0.6 is 11.6 Å². The van der Waals surface area contributed by atoms with Crippen LogP contribution in [-0.4, -0.2) is 38.8 Å². The van der Waals surface area contributed by atoms with Gasteiger partial charge in [-0.2, -0.15) is 5.10 Å². The molecule has 2 N–H and O–H groups in total. The SMILES string of the molecule is CC(C)(C(O)c1cc(Cl)cc2cn[nH]c12)N1CCCCC1. The van der Waals surface area contributed by atoms with Gasteiger partial charge in [-0.3, -0.25) is 10.00 Å². The number of aromatic nitrogens is 2. The number of piperidine rings is 1. The molecule has 2 heterocycles. The van der Waals surface area contributed by atoms with Gasteiger partial charge in [0.2, 0.25) is 0 Å². The fourth-order valence-corrected chi connectivity index (χ4v) is 3.52. The third kappa shape index (κ3) is 2.68. The summed E-state index contributed by atoms with van der Waals surface area (Å²) in [5, 5.41) is 19.6. The maximum absolute atomic E-state index is 11.0. The fourth-order valence-electron chi connectivity index (χ4n) is 3.29. The Hall–Kier alpha value is -1.10. The number of nitrogens with zero attached hydrogens (tertiary/aromatic N) is 2. The molecule has 21 heavy (non-hydrogen) atoms. The number of aliphatic hydroxyl groups excluding tert-OH is 1. The Bertz CT molecular complexity index is 631. The lowest BCUT2D eigenvalue weighted by molar-refractivity contribution is -0.0202. The zero-order valence-electron chi connectivity index (χ0n) is 12.6. The first-order valence-corrected chi connectivity index (χ1v) is 7.93. The molecule has 0 radical (unpaired) electrons. The van der Waals surface area contributed by atoms with E-state index < -0.39 is 6.10 Å². The summed E-state index contributed by atoms with van der Waals surface area (Å²) in [6, 6.07) is 3.71. The molecule has 0 aliphatic carbocycles. The molecule has 1 fully saturated rings. The second-order valence-corrected chi connectivity index (χ2v) is 6.87. The summed E-state index contributed by atoms with van der Waals surface area (Å²) in [4.78, 5) is 2.38. The molecule has 0 saturated carbocycles. The fraction of sp³-hybridized carbons (Fsp3) is 0.562. The van der Waals surface area contributed by atoms with Crippen molar-refractivity contribution < 1.29 is 5.11 Å². The van der Waals surface area contributed by atoms with Crippen molar-refractivity contribution in [3.05, 3.63) is 28.9 Å². The van der Waals surface area contributed by atoms with E-state index in [9.17, 15) is 5.11 Å². The first-order valence-electron chi connectivity index (χ1n) is 7.56. The zero-order valence-corrected chi connectivity index (χ0v) is 13.3. The molecule has 1 aromatic heterocycles. The van der Waals surface area contributed by atoms with Crippen LogP contribution in [0.25, 0.3) is 10.9 Å². The van der Waals surface area contributed by atoms with Gasteiger partial charge in [0.05, 0.1) is 17.8 Å². The van der Waals surface area contributed by atoms with E-state index in [1.807, 2.05) is 12.1 Å². The summed E-state index contributed by atoms with van der Waals surface area (Å²) in [5.41, 5.74) is 1.37. The first kappa shape index (κ1) is 14.8. The first-order chi connectivity index (χ1) is 10.00. The molecular weight excluding hydrogens is 286 g/mol. The average Bonchev–Trinajstić information content (AvgIpc) is 2.94. The van der Waals surface area contributed by atoms with Gasteiger partial charge in [0.15, 0.2) is 0 Å². The summed E-state index contributed by atoms with van der Waals surface area (Å²) in [7, 11) is 0. The molecule has 3 rings (SSSR count). The number of aromatic amines is 1. The Kier molecular flexibility index (Phi) is 3.95. The number of nitrogens with one attached hydrogen (secondary N) is 1. The van der Waals surface area contributed by atoms with Gasteiger partial charge in [-0.25, -0.2) is 0 Å². The summed E-state index contributed by atoms with van der Waals surface area (Å²) >= 11 is 6.19.